The molecule has 16 heavy (non-hydrogen) atoms. The van der Waals surface area contributed by atoms with E-state index >= 15 is 0 Å². The molecule has 0 fully saturated rings. The third-order valence-electron chi connectivity index (χ3n) is 2.14. The Morgan fingerprint density at radius 2 is 1.25 bits per heavy atom. The zero-order chi connectivity index (χ0) is 12.6. The van der Waals surface area contributed by atoms with E-state index in [1.807, 2.05) is 13.8 Å². The quantitative estimate of drug-likeness (QED) is 0.516. The first-order chi connectivity index (χ1) is 7.49. The Hall–Kier alpha value is -1.32. The summed E-state index contributed by atoms with van der Waals surface area (Å²) in [6.45, 7) is 7.42. The van der Waals surface area contributed by atoms with E-state index in [9.17, 15) is 9.59 Å². The summed E-state index contributed by atoms with van der Waals surface area (Å²) in [6, 6.07) is 0. The first kappa shape index (κ1) is 14.7. The first-order valence-electron chi connectivity index (χ1n) is 5.58. The van der Waals surface area contributed by atoms with Crippen molar-refractivity contribution in [2.75, 3.05) is 0 Å². The highest BCUT2D eigenvalue weighted by Gasteiger charge is 2.07. The second kappa shape index (κ2) is 7.91. The molecule has 0 amide bonds. The van der Waals surface area contributed by atoms with Crippen molar-refractivity contribution in [1.29, 1.82) is 0 Å². The molecule has 0 heterocycles. The maximum absolute atomic E-state index is 11.2. The van der Waals surface area contributed by atoms with Crippen molar-refractivity contribution in [2.24, 2.45) is 0 Å². The van der Waals surface area contributed by atoms with E-state index < -0.39 is 11.9 Å². The molecule has 0 aliphatic heterocycles. The van der Waals surface area contributed by atoms with Crippen molar-refractivity contribution in [1.82, 2.24) is 0 Å². The fourth-order valence-electron chi connectivity index (χ4n) is 0.778. The number of esters is 2. The monoisotopic (exact) mass is 228 g/mol. The summed E-state index contributed by atoms with van der Waals surface area (Å²) in [5, 5.41) is 0. The molecule has 2 atom stereocenters. The SMILES string of the molecule is CCC(C)OC(=O)C=CC(=O)OC(C)CC. The molecule has 2 unspecified atom stereocenters. The molecule has 0 aromatic heterocycles. The van der Waals surface area contributed by atoms with Crippen LogP contribution in [0.4, 0.5) is 0 Å². The summed E-state index contributed by atoms with van der Waals surface area (Å²) >= 11 is 0. The van der Waals surface area contributed by atoms with Gasteiger partial charge in [-0.05, 0) is 26.7 Å². The van der Waals surface area contributed by atoms with Gasteiger partial charge in [-0.15, -0.1) is 0 Å². The van der Waals surface area contributed by atoms with Gasteiger partial charge in [0.1, 0.15) is 0 Å². The third kappa shape index (κ3) is 7.04. The second-order valence-electron chi connectivity index (χ2n) is 3.64. The Morgan fingerprint density at radius 3 is 1.50 bits per heavy atom. The topological polar surface area (TPSA) is 52.6 Å². The van der Waals surface area contributed by atoms with Gasteiger partial charge in [0.25, 0.3) is 0 Å². The van der Waals surface area contributed by atoms with Crippen LogP contribution in [0, 0.1) is 0 Å². The number of rotatable bonds is 6. The fourth-order valence-corrected chi connectivity index (χ4v) is 0.778. The lowest BCUT2D eigenvalue weighted by molar-refractivity contribution is -0.145. The molecule has 0 radical (unpaired) electrons. The van der Waals surface area contributed by atoms with Gasteiger partial charge in [-0.2, -0.15) is 0 Å². The van der Waals surface area contributed by atoms with Crippen LogP contribution in [0.2, 0.25) is 0 Å². The van der Waals surface area contributed by atoms with Crippen LogP contribution in [0.15, 0.2) is 12.2 Å². The van der Waals surface area contributed by atoms with E-state index in [-0.39, 0.29) is 12.2 Å². The zero-order valence-corrected chi connectivity index (χ0v) is 10.4. The van der Waals surface area contributed by atoms with Gasteiger partial charge in [0.2, 0.25) is 0 Å². The number of ether oxygens (including phenoxy) is 2. The first-order valence-corrected chi connectivity index (χ1v) is 5.58. The van der Waals surface area contributed by atoms with Gasteiger partial charge >= 0.3 is 11.9 Å². The molecule has 0 aliphatic carbocycles. The van der Waals surface area contributed by atoms with E-state index in [0.717, 1.165) is 25.0 Å². The largest absolute Gasteiger partial charge is 0.460 e. The van der Waals surface area contributed by atoms with Gasteiger partial charge in [0.05, 0.1) is 12.2 Å². The molecule has 0 rings (SSSR count). The smallest absolute Gasteiger partial charge is 0.331 e. The number of hydrogen-bond acceptors (Lipinski definition) is 4. The molecule has 0 N–H and O–H groups in total. The van der Waals surface area contributed by atoms with Crippen LogP contribution in [0.5, 0.6) is 0 Å². The Morgan fingerprint density at radius 1 is 0.938 bits per heavy atom. The summed E-state index contributed by atoms with van der Waals surface area (Å²) in [7, 11) is 0. The summed E-state index contributed by atoms with van der Waals surface area (Å²) in [5.41, 5.74) is 0. The molecule has 0 saturated carbocycles. The summed E-state index contributed by atoms with van der Waals surface area (Å²) < 4.78 is 9.90. The van der Waals surface area contributed by atoms with Crippen molar-refractivity contribution in [3.63, 3.8) is 0 Å². The molecular weight excluding hydrogens is 208 g/mol. The lowest BCUT2D eigenvalue weighted by atomic mass is 10.3. The Kier molecular flexibility index (Phi) is 7.25. The molecule has 0 aromatic rings. The number of carbonyl (C=O) groups excluding carboxylic acids is 2. The van der Waals surface area contributed by atoms with Crippen molar-refractivity contribution in [3.8, 4) is 0 Å². The molecular formula is C12H20O4. The number of carbonyl (C=O) groups is 2. The highest BCUT2D eigenvalue weighted by atomic mass is 16.5. The van der Waals surface area contributed by atoms with Crippen molar-refractivity contribution < 1.29 is 19.1 Å². The van der Waals surface area contributed by atoms with E-state index in [4.69, 9.17) is 9.47 Å². The standard InChI is InChI=1S/C12H20O4/c1-5-9(3)15-11(13)7-8-12(14)16-10(4)6-2/h7-10H,5-6H2,1-4H3. The van der Waals surface area contributed by atoms with Crippen LogP contribution >= 0.6 is 0 Å². The van der Waals surface area contributed by atoms with Gasteiger partial charge in [0, 0.05) is 12.2 Å². The molecule has 0 bridgehead atoms. The van der Waals surface area contributed by atoms with Gasteiger partial charge in [-0.1, -0.05) is 13.8 Å². The van der Waals surface area contributed by atoms with Crippen LogP contribution < -0.4 is 0 Å². The zero-order valence-electron chi connectivity index (χ0n) is 10.4. The van der Waals surface area contributed by atoms with E-state index in [1.54, 1.807) is 13.8 Å². The van der Waals surface area contributed by atoms with Gasteiger partial charge in [-0.3, -0.25) is 0 Å². The predicted molar refractivity (Wildman–Crippen MR) is 60.8 cm³/mol. The normalized spacial score (nSPS) is 14.5. The number of hydrogen-bond donors (Lipinski definition) is 0. The van der Waals surface area contributed by atoms with Gasteiger partial charge in [0.15, 0.2) is 0 Å². The molecule has 0 saturated heterocycles. The summed E-state index contributed by atoms with van der Waals surface area (Å²) in [6.07, 6.45) is 3.41. The Bertz CT molecular complexity index is 232. The molecule has 0 aromatic carbocycles. The van der Waals surface area contributed by atoms with E-state index in [2.05, 4.69) is 0 Å². The average molecular weight is 228 g/mol. The second-order valence-corrected chi connectivity index (χ2v) is 3.64. The van der Waals surface area contributed by atoms with Gasteiger partial charge in [-0.25, -0.2) is 9.59 Å². The van der Waals surface area contributed by atoms with Gasteiger partial charge < -0.3 is 9.47 Å². The van der Waals surface area contributed by atoms with Crippen LogP contribution in [0.3, 0.4) is 0 Å². The summed E-state index contributed by atoms with van der Waals surface area (Å²) in [4.78, 5) is 22.3. The van der Waals surface area contributed by atoms with Crippen molar-refractivity contribution in [2.45, 2.75) is 52.7 Å². The molecule has 92 valence electrons. The molecule has 4 nitrogen and oxygen atoms in total. The highest BCUT2D eigenvalue weighted by Crippen LogP contribution is 1.99. The summed E-state index contributed by atoms with van der Waals surface area (Å²) in [5.74, 6) is -1.04. The minimum atomic E-state index is -0.518. The van der Waals surface area contributed by atoms with Crippen molar-refractivity contribution >= 4 is 11.9 Å². The van der Waals surface area contributed by atoms with E-state index in [1.165, 1.54) is 0 Å². The van der Waals surface area contributed by atoms with E-state index in [0.29, 0.717) is 0 Å². The van der Waals surface area contributed by atoms with Crippen LogP contribution in [-0.4, -0.2) is 24.1 Å². The molecule has 0 aliphatic rings. The minimum absolute atomic E-state index is 0.136. The van der Waals surface area contributed by atoms with Crippen LogP contribution in [0.25, 0.3) is 0 Å². The van der Waals surface area contributed by atoms with Crippen molar-refractivity contribution in [3.05, 3.63) is 12.2 Å². The van der Waals surface area contributed by atoms with Crippen LogP contribution in [0.1, 0.15) is 40.5 Å². The fraction of sp³-hybridized carbons (Fsp3) is 0.667. The van der Waals surface area contributed by atoms with Crippen LogP contribution in [-0.2, 0) is 19.1 Å². The highest BCUT2D eigenvalue weighted by molar-refractivity contribution is 5.91. The lowest BCUT2D eigenvalue weighted by Crippen LogP contribution is -2.14. The average Bonchev–Trinajstić information content (AvgIpc) is 2.26. The Balaban J connectivity index is 3.98. The third-order valence-corrected chi connectivity index (χ3v) is 2.14. The molecule has 4 heteroatoms. The minimum Gasteiger partial charge on any atom is -0.460 e. The predicted octanol–water partition coefficient (Wildman–Crippen LogP) is 2.23. The maximum Gasteiger partial charge on any atom is 0.331 e. The Labute approximate surface area is 96.6 Å². The lowest BCUT2D eigenvalue weighted by Gasteiger charge is -2.09. The molecule has 0 spiro atoms. The maximum atomic E-state index is 11.2.